The third-order valence-corrected chi connectivity index (χ3v) is 4.36. The van der Waals surface area contributed by atoms with E-state index in [9.17, 15) is 10.1 Å². The quantitative estimate of drug-likeness (QED) is 0.620. The Morgan fingerprint density at radius 3 is 2.20 bits per heavy atom. The van der Waals surface area contributed by atoms with E-state index in [0.717, 1.165) is 23.9 Å². The van der Waals surface area contributed by atoms with Gasteiger partial charge < -0.3 is 0 Å². The Morgan fingerprint density at radius 2 is 1.70 bits per heavy atom. The van der Waals surface area contributed by atoms with Gasteiger partial charge in [-0.25, -0.2) is 0 Å². The van der Waals surface area contributed by atoms with Gasteiger partial charge in [0.2, 0.25) is 0 Å². The summed E-state index contributed by atoms with van der Waals surface area (Å²) >= 11 is 0. The molecule has 0 radical (unpaired) electrons. The average Bonchev–Trinajstić information content (AvgIpc) is 2.38. The molecule has 1 aliphatic rings. The van der Waals surface area contributed by atoms with Crippen LogP contribution >= 0.6 is 0 Å². The van der Waals surface area contributed by atoms with E-state index in [1.807, 2.05) is 12.1 Å². The smallest absolute Gasteiger partial charge is 0.269 e. The molecule has 1 saturated carbocycles. The van der Waals surface area contributed by atoms with Gasteiger partial charge in [0, 0.05) is 24.7 Å². The summed E-state index contributed by atoms with van der Waals surface area (Å²) in [5.41, 5.74) is 1.31. The molecule has 0 aliphatic heterocycles. The molecule has 110 valence electrons. The van der Waals surface area contributed by atoms with Crippen molar-refractivity contribution in [2.24, 2.45) is 11.8 Å². The fourth-order valence-electron chi connectivity index (χ4n) is 3.40. The van der Waals surface area contributed by atoms with Crippen LogP contribution in [0.5, 0.6) is 0 Å². The molecule has 2 atom stereocenters. The zero-order valence-corrected chi connectivity index (χ0v) is 12.6. The fourth-order valence-corrected chi connectivity index (χ4v) is 3.40. The van der Waals surface area contributed by atoms with Crippen molar-refractivity contribution < 1.29 is 4.92 Å². The van der Waals surface area contributed by atoms with E-state index in [4.69, 9.17) is 0 Å². The van der Waals surface area contributed by atoms with Crippen molar-refractivity contribution in [1.29, 1.82) is 0 Å². The number of nitrogens with zero attached hydrogens (tertiary/aromatic N) is 2. The first-order valence-electron chi connectivity index (χ1n) is 7.39. The van der Waals surface area contributed by atoms with E-state index >= 15 is 0 Å². The predicted molar refractivity (Wildman–Crippen MR) is 80.5 cm³/mol. The van der Waals surface area contributed by atoms with Gasteiger partial charge in [-0.2, -0.15) is 0 Å². The van der Waals surface area contributed by atoms with Crippen LogP contribution in [-0.2, 0) is 6.54 Å². The van der Waals surface area contributed by atoms with Crippen LogP contribution in [0, 0.1) is 22.0 Å². The lowest BCUT2D eigenvalue weighted by molar-refractivity contribution is -0.384. The standard InChI is InChI=1S/C16H24N2O2/c1-12-8-13(2)10-16(9-12)17(3)11-14-4-6-15(7-5-14)18(19)20/h4-7,12-13,16H,8-11H2,1-3H3. The van der Waals surface area contributed by atoms with Crippen molar-refractivity contribution in [1.82, 2.24) is 4.90 Å². The third-order valence-electron chi connectivity index (χ3n) is 4.36. The predicted octanol–water partition coefficient (Wildman–Crippen LogP) is 3.85. The summed E-state index contributed by atoms with van der Waals surface area (Å²) in [6, 6.07) is 7.54. The second-order valence-corrected chi connectivity index (χ2v) is 6.41. The maximum Gasteiger partial charge on any atom is 0.269 e. The highest BCUT2D eigenvalue weighted by Gasteiger charge is 2.26. The van der Waals surface area contributed by atoms with Crippen LogP contribution in [0.3, 0.4) is 0 Å². The number of non-ortho nitro benzene ring substituents is 1. The summed E-state index contributed by atoms with van der Waals surface area (Å²) in [5, 5.41) is 10.6. The maximum atomic E-state index is 10.6. The maximum absolute atomic E-state index is 10.6. The van der Waals surface area contributed by atoms with Gasteiger partial charge in [-0.15, -0.1) is 0 Å². The van der Waals surface area contributed by atoms with Crippen LogP contribution in [0.1, 0.15) is 38.7 Å². The second-order valence-electron chi connectivity index (χ2n) is 6.41. The molecule has 20 heavy (non-hydrogen) atoms. The van der Waals surface area contributed by atoms with Crippen LogP contribution in [0.2, 0.25) is 0 Å². The van der Waals surface area contributed by atoms with Gasteiger partial charge in [0.05, 0.1) is 4.92 Å². The van der Waals surface area contributed by atoms with E-state index in [-0.39, 0.29) is 10.6 Å². The molecule has 0 heterocycles. The number of hydrogen-bond donors (Lipinski definition) is 0. The second kappa shape index (κ2) is 6.35. The van der Waals surface area contributed by atoms with Crippen molar-refractivity contribution in [2.45, 2.75) is 45.7 Å². The summed E-state index contributed by atoms with van der Waals surface area (Å²) in [7, 11) is 2.16. The molecule has 0 spiro atoms. The molecular formula is C16H24N2O2. The summed E-state index contributed by atoms with van der Waals surface area (Å²) < 4.78 is 0. The van der Waals surface area contributed by atoms with Crippen LogP contribution in [0.25, 0.3) is 0 Å². The molecule has 0 saturated heterocycles. The van der Waals surface area contributed by atoms with E-state index in [0.29, 0.717) is 6.04 Å². The third kappa shape index (κ3) is 3.79. The zero-order valence-electron chi connectivity index (χ0n) is 12.6. The summed E-state index contributed by atoms with van der Waals surface area (Å²) in [4.78, 5) is 12.7. The molecule has 1 fully saturated rings. The van der Waals surface area contributed by atoms with Crippen LogP contribution in [0.4, 0.5) is 5.69 Å². The molecular weight excluding hydrogens is 252 g/mol. The first kappa shape index (κ1) is 15.0. The highest BCUT2D eigenvalue weighted by atomic mass is 16.6. The summed E-state index contributed by atoms with van der Waals surface area (Å²) in [6.45, 7) is 5.53. The van der Waals surface area contributed by atoms with Crippen LogP contribution in [-0.4, -0.2) is 22.9 Å². The van der Waals surface area contributed by atoms with Gasteiger partial charge in [-0.05, 0) is 43.7 Å². The SMILES string of the molecule is CC1CC(C)CC(N(C)Cc2ccc([N+](=O)[O-])cc2)C1. The Bertz CT molecular complexity index is 448. The van der Waals surface area contributed by atoms with E-state index in [2.05, 4.69) is 25.8 Å². The van der Waals surface area contributed by atoms with E-state index in [1.54, 1.807) is 12.1 Å². The summed E-state index contributed by atoms with van der Waals surface area (Å²) in [6.07, 6.45) is 3.85. The van der Waals surface area contributed by atoms with Gasteiger partial charge in [0.1, 0.15) is 0 Å². The minimum atomic E-state index is -0.349. The van der Waals surface area contributed by atoms with Gasteiger partial charge in [-0.1, -0.05) is 26.0 Å². The first-order valence-corrected chi connectivity index (χ1v) is 7.39. The molecule has 0 bridgehead atoms. The largest absolute Gasteiger partial charge is 0.299 e. The zero-order chi connectivity index (χ0) is 14.7. The highest BCUT2D eigenvalue weighted by molar-refractivity contribution is 5.32. The fraction of sp³-hybridized carbons (Fsp3) is 0.625. The lowest BCUT2D eigenvalue weighted by Crippen LogP contribution is -2.37. The molecule has 2 unspecified atom stereocenters. The number of hydrogen-bond acceptors (Lipinski definition) is 3. The molecule has 0 N–H and O–H groups in total. The van der Waals surface area contributed by atoms with Crippen LogP contribution < -0.4 is 0 Å². The van der Waals surface area contributed by atoms with Crippen molar-refractivity contribution >= 4 is 5.69 Å². The van der Waals surface area contributed by atoms with Gasteiger partial charge >= 0.3 is 0 Å². The lowest BCUT2D eigenvalue weighted by atomic mass is 9.80. The number of rotatable bonds is 4. The molecule has 1 aromatic carbocycles. The van der Waals surface area contributed by atoms with Crippen LogP contribution in [0.15, 0.2) is 24.3 Å². The Balaban J connectivity index is 1.96. The molecule has 0 amide bonds. The van der Waals surface area contributed by atoms with E-state index in [1.165, 1.54) is 19.3 Å². The van der Waals surface area contributed by atoms with Gasteiger partial charge in [0.25, 0.3) is 5.69 Å². The first-order chi connectivity index (χ1) is 9.45. The molecule has 4 nitrogen and oxygen atoms in total. The Labute approximate surface area is 120 Å². The average molecular weight is 276 g/mol. The van der Waals surface area contributed by atoms with Crippen molar-refractivity contribution in [2.75, 3.05) is 7.05 Å². The summed E-state index contributed by atoms with van der Waals surface area (Å²) in [5.74, 6) is 1.59. The number of nitro groups is 1. The van der Waals surface area contributed by atoms with Crippen molar-refractivity contribution in [3.63, 3.8) is 0 Å². The van der Waals surface area contributed by atoms with E-state index < -0.39 is 0 Å². The minimum absolute atomic E-state index is 0.163. The molecule has 4 heteroatoms. The Kier molecular flexibility index (Phi) is 4.76. The number of nitro benzene ring substituents is 1. The topological polar surface area (TPSA) is 46.4 Å². The molecule has 0 aromatic heterocycles. The molecule has 2 rings (SSSR count). The minimum Gasteiger partial charge on any atom is -0.299 e. The van der Waals surface area contributed by atoms with Crippen molar-refractivity contribution in [3.8, 4) is 0 Å². The Hall–Kier alpha value is -1.42. The monoisotopic (exact) mass is 276 g/mol. The number of benzene rings is 1. The van der Waals surface area contributed by atoms with Gasteiger partial charge in [-0.3, -0.25) is 15.0 Å². The van der Waals surface area contributed by atoms with Crippen molar-refractivity contribution in [3.05, 3.63) is 39.9 Å². The molecule has 1 aromatic rings. The lowest BCUT2D eigenvalue weighted by Gasteiger charge is -2.37. The normalized spacial score (nSPS) is 26.7. The Morgan fingerprint density at radius 1 is 1.15 bits per heavy atom. The molecule has 1 aliphatic carbocycles. The highest BCUT2D eigenvalue weighted by Crippen LogP contribution is 2.31. The van der Waals surface area contributed by atoms with Gasteiger partial charge in [0.15, 0.2) is 0 Å².